The summed E-state index contributed by atoms with van der Waals surface area (Å²) in [5, 5.41) is 3.34. The van der Waals surface area contributed by atoms with Crippen molar-refractivity contribution in [3.05, 3.63) is 0 Å². The van der Waals surface area contributed by atoms with Crippen molar-refractivity contribution in [3.8, 4) is 0 Å². The molecular weight excluding hydrogens is 252 g/mol. The molecule has 1 aliphatic heterocycles. The summed E-state index contributed by atoms with van der Waals surface area (Å²) in [4.78, 5) is 14.1. The molecule has 1 atom stereocenters. The maximum absolute atomic E-state index is 11.9. The highest BCUT2D eigenvalue weighted by molar-refractivity contribution is 7.85. The van der Waals surface area contributed by atoms with Crippen LogP contribution in [0, 0.1) is 0 Å². The number of hydrogen-bond donors (Lipinski definition) is 1. The largest absolute Gasteiger partial charge is 0.465 e. The molecule has 0 spiro atoms. The molecule has 0 radical (unpaired) electrons. The molecule has 1 saturated carbocycles. The minimum atomic E-state index is -0.666. The molecule has 2 rings (SSSR count). The van der Waals surface area contributed by atoms with Crippen LogP contribution < -0.4 is 5.32 Å². The standard InChI is InChI=1S/C12H22N2O3S/c1-2-17-12(15)11(13-10-3-4-10)9-14-5-7-18(16)8-6-14/h10-11,13H,2-9H2,1H3. The zero-order valence-corrected chi connectivity index (χ0v) is 11.7. The van der Waals surface area contributed by atoms with Crippen molar-refractivity contribution in [3.63, 3.8) is 0 Å². The van der Waals surface area contributed by atoms with Gasteiger partial charge in [-0.1, -0.05) is 0 Å². The van der Waals surface area contributed by atoms with Crippen LogP contribution in [0.15, 0.2) is 0 Å². The van der Waals surface area contributed by atoms with Crippen LogP contribution in [0.5, 0.6) is 0 Å². The van der Waals surface area contributed by atoms with E-state index in [1.54, 1.807) is 0 Å². The Labute approximate surface area is 111 Å². The molecule has 0 aromatic heterocycles. The van der Waals surface area contributed by atoms with Gasteiger partial charge in [-0.3, -0.25) is 13.9 Å². The van der Waals surface area contributed by atoms with Crippen LogP contribution in [-0.2, 0) is 20.3 Å². The van der Waals surface area contributed by atoms with Crippen LogP contribution in [0.25, 0.3) is 0 Å². The second kappa shape index (κ2) is 6.63. The molecule has 0 bridgehead atoms. The summed E-state index contributed by atoms with van der Waals surface area (Å²) in [7, 11) is -0.666. The third kappa shape index (κ3) is 4.33. The van der Waals surface area contributed by atoms with E-state index in [1.807, 2.05) is 6.92 Å². The fourth-order valence-corrected chi connectivity index (χ4v) is 3.22. The van der Waals surface area contributed by atoms with E-state index in [4.69, 9.17) is 4.74 Å². The molecule has 104 valence electrons. The van der Waals surface area contributed by atoms with Gasteiger partial charge in [0, 0.05) is 48.0 Å². The predicted octanol–water partition coefficient (Wildman–Crippen LogP) is -0.266. The number of nitrogens with zero attached hydrogens (tertiary/aromatic N) is 1. The zero-order valence-electron chi connectivity index (χ0n) is 10.9. The predicted molar refractivity (Wildman–Crippen MR) is 70.9 cm³/mol. The van der Waals surface area contributed by atoms with Crippen molar-refractivity contribution in [2.24, 2.45) is 0 Å². The second-order valence-corrected chi connectivity index (χ2v) is 6.59. The Balaban J connectivity index is 1.83. The number of rotatable bonds is 6. The molecule has 2 fully saturated rings. The SMILES string of the molecule is CCOC(=O)C(CN1CCS(=O)CC1)NC1CC1. The maximum atomic E-state index is 11.9. The van der Waals surface area contributed by atoms with Gasteiger partial charge in [-0.05, 0) is 19.8 Å². The highest BCUT2D eigenvalue weighted by Gasteiger charge is 2.31. The first-order valence-electron chi connectivity index (χ1n) is 6.69. The van der Waals surface area contributed by atoms with E-state index in [-0.39, 0.29) is 12.0 Å². The lowest BCUT2D eigenvalue weighted by atomic mass is 10.2. The Morgan fingerprint density at radius 1 is 1.44 bits per heavy atom. The molecular formula is C12H22N2O3S. The number of carbonyl (C=O) groups excluding carboxylic acids is 1. The Morgan fingerprint density at radius 2 is 2.11 bits per heavy atom. The quantitative estimate of drug-likeness (QED) is 0.676. The number of ether oxygens (including phenoxy) is 1. The van der Waals surface area contributed by atoms with E-state index in [9.17, 15) is 9.00 Å². The highest BCUT2D eigenvalue weighted by atomic mass is 32.2. The molecule has 0 aromatic carbocycles. The first-order chi connectivity index (χ1) is 8.69. The van der Waals surface area contributed by atoms with Crippen LogP contribution in [0.4, 0.5) is 0 Å². The van der Waals surface area contributed by atoms with E-state index in [0.29, 0.717) is 19.2 Å². The normalized spacial score (nSPS) is 23.8. The highest BCUT2D eigenvalue weighted by Crippen LogP contribution is 2.20. The zero-order chi connectivity index (χ0) is 13.0. The number of nitrogens with one attached hydrogen (secondary N) is 1. The van der Waals surface area contributed by atoms with E-state index in [0.717, 1.165) is 37.4 Å². The Morgan fingerprint density at radius 3 is 2.67 bits per heavy atom. The topological polar surface area (TPSA) is 58.6 Å². The van der Waals surface area contributed by atoms with Crippen molar-refractivity contribution in [1.82, 2.24) is 10.2 Å². The number of carbonyl (C=O) groups is 1. The van der Waals surface area contributed by atoms with Crippen molar-refractivity contribution >= 4 is 16.8 Å². The lowest BCUT2D eigenvalue weighted by molar-refractivity contribution is -0.146. The lowest BCUT2D eigenvalue weighted by Crippen LogP contribution is -2.50. The average Bonchev–Trinajstić information content (AvgIpc) is 3.15. The van der Waals surface area contributed by atoms with Crippen LogP contribution in [-0.4, -0.2) is 64.9 Å². The Bertz CT molecular complexity index is 310. The first-order valence-corrected chi connectivity index (χ1v) is 8.18. The van der Waals surface area contributed by atoms with Gasteiger partial charge in [0.25, 0.3) is 0 Å². The third-order valence-electron chi connectivity index (χ3n) is 3.30. The smallest absolute Gasteiger partial charge is 0.324 e. The van der Waals surface area contributed by atoms with Gasteiger partial charge >= 0.3 is 5.97 Å². The molecule has 18 heavy (non-hydrogen) atoms. The van der Waals surface area contributed by atoms with Crippen LogP contribution in [0.3, 0.4) is 0 Å². The minimum absolute atomic E-state index is 0.156. The molecule has 1 aliphatic carbocycles. The summed E-state index contributed by atoms with van der Waals surface area (Å²) < 4.78 is 16.4. The van der Waals surface area contributed by atoms with Gasteiger partial charge in [0.1, 0.15) is 6.04 Å². The van der Waals surface area contributed by atoms with Crippen LogP contribution in [0.1, 0.15) is 19.8 Å². The van der Waals surface area contributed by atoms with Gasteiger partial charge in [-0.15, -0.1) is 0 Å². The first kappa shape index (κ1) is 14.0. The molecule has 1 saturated heterocycles. The molecule has 0 aromatic rings. The number of hydrogen-bond acceptors (Lipinski definition) is 5. The average molecular weight is 274 g/mol. The fraction of sp³-hybridized carbons (Fsp3) is 0.917. The third-order valence-corrected chi connectivity index (χ3v) is 4.57. The van der Waals surface area contributed by atoms with Gasteiger partial charge in [0.2, 0.25) is 0 Å². The van der Waals surface area contributed by atoms with Crippen molar-refractivity contribution in [1.29, 1.82) is 0 Å². The van der Waals surface area contributed by atoms with Crippen LogP contribution in [0.2, 0.25) is 0 Å². The van der Waals surface area contributed by atoms with Gasteiger partial charge in [0.15, 0.2) is 0 Å². The molecule has 2 aliphatic rings. The van der Waals surface area contributed by atoms with Gasteiger partial charge in [-0.2, -0.15) is 0 Å². The van der Waals surface area contributed by atoms with Crippen molar-refractivity contribution in [2.45, 2.75) is 31.8 Å². The van der Waals surface area contributed by atoms with Gasteiger partial charge < -0.3 is 10.1 Å². The molecule has 1 N–H and O–H groups in total. The second-order valence-electron chi connectivity index (χ2n) is 4.89. The molecule has 0 amide bonds. The van der Waals surface area contributed by atoms with E-state index in [2.05, 4.69) is 10.2 Å². The summed E-state index contributed by atoms with van der Waals surface area (Å²) in [5.41, 5.74) is 0. The molecule has 6 heteroatoms. The fourth-order valence-electron chi connectivity index (χ4n) is 2.09. The maximum Gasteiger partial charge on any atom is 0.324 e. The summed E-state index contributed by atoms with van der Waals surface area (Å²) in [6.45, 7) is 4.55. The lowest BCUT2D eigenvalue weighted by Gasteiger charge is -2.29. The monoisotopic (exact) mass is 274 g/mol. The summed E-state index contributed by atoms with van der Waals surface area (Å²) >= 11 is 0. The van der Waals surface area contributed by atoms with E-state index in [1.165, 1.54) is 0 Å². The summed E-state index contributed by atoms with van der Waals surface area (Å²) in [6, 6.07) is 0.252. The summed E-state index contributed by atoms with van der Waals surface area (Å²) in [6.07, 6.45) is 2.31. The Kier molecular flexibility index (Phi) is 5.14. The van der Waals surface area contributed by atoms with Crippen molar-refractivity contribution in [2.75, 3.05) is 37.7 Å². The van der Waals surface area contributed by atoms with Gasteiger partial charge in [0.05, 0.1) is 6.61 Å². The van der Waals surface area contributed by atoms with E-state index < -0.39 is 10.8 Å². The summed E-state index contributed by atoms with van der Waals surface area (Å²) in [5.74, 6) is 1.29. The molecule has 1 heterocycles. The Hall–Kier alpha value is -0.460. The van der Waals surface area contributed by atoms with E-state index >= 15 is 0 Å². The van der Waals surface area contributed by atoms with Crippen LogP contribution >= 0.6 is 0 Å². The van der Waals surface area contributed by atoms with Crippen molar-refractivity contribution < 1.29 is 13.7 Å². The molecule has 1 unspecified atom stereocenters. The molecule has 5 nitrogen and oxygen atoms in total. The van der Waals surface area contributed by atoms with Gasteiger partial charge in [-0.25, -0.2) is 0 Å². The number of esters is 1. The minimum Gasteiger partial charge on any atom is -0.465 e.